The van der Waals surface area contributed by atoms with Crippen molar-refractivity contribution < 1.29 is 19.2 Å². The number of ether oxygens (including phenoxy) is 1. The van der Waals surface area contributed by atoms with Crippen molar-refractivity contribution in [2.24, 2.45) is 0 Å². The maximum Gasteiger partial charge on any atom is 0.336 e. The van der Waals surface area contributed by atoms with E-state index in [0.29, 0.717) is 21.9 Å². The van der Waals surface area contributed by atoms with Crippen LogP contribution in [0, 0.1) is 10.1 Å². The molecule has 0 radical (unpaired) electrons. The van der Waals surface area contributed by atoms with Gasteiger partial charge in [-0.05, 0) is 44.0 Å². The van der Waals surface area contributed by atoms with E-state index in [9.17, 15) is 19.7 Å². The molecule has 1 atom stereocenters. The summed E-state index contributed by atoms with van der Waals surface area (Å²) in [5, 5.41) is 11.6. The van der Waals surface area contributed by atoms with Gasteiger partial charge in [0.2, 0.25) is 5.91 Å². The van der Waals surface area contributed by atoms with Gasteiger partial charge in [-0.2, -0.15) is 0 Å². The highest BCUT2D eigenvalue weighted by molar-refractivity contribution is 6.30. The predicted octanol–water partition coefficient (Wildman–Crippen LogP) is 4.99. The van der Waals surface area contributed by atoms with Crippen molar-refractivity contribution in [1.29, 1.82) is 0 Å². The number of carbonyl (C=O) groups excluding carboxylic acids is 2. The van der Waals surface area contributed by atoms with Gasteiger partial charge in [-0.1, -0.05) is 35.9 Å². The van der Waals surface area contributed by atoms with Crippen LogP contribution < -0.4 is 0 Å². The van der Waals surface area contributed by atoms with Crippen molar-refractivity contribution in [3.05, 3.63) is 86.1 Å². The third-order valence-electron chi connectivity index (χ3n) is 5.10. The number of hydrogen-bond acceptors (Lipinski definition) is 5. The number of esters is 1. The molecule has 0 saturated carbocycles. The highest BCUT2D eigenvalue weighted by Crippen LogP contribution is 2.38. The van der Waals surface area contributed by atoms with Crippen molar-refractivity contribution in [3.8, 4) is 0 Å². The summed E-state index contributed by atoms with van der Waals surface area (Å²) in [6, 6.07) is 13.2. The molecular weight excluding hydrogens is 420 g/mol. The molecule has 8 heteroatoms. The molecule has 0 saturated heterocycles. The minimum Gasteiger partial charge on any atom is -0.460 e. The van der Waals surface area contributed by atoms with Crippen LogP contribution in [0.5, 0.6) is 0 Å². The van der Waals surface area contributed by atoms with Crippen molar-refractivity contribution in [2.75, 3.05) is 0 Å². The third-order valence-corrected chi connectivity index (χ3v) is 5.33. The number of nitrogens with zero attached hydrogens (tertiary/aromatic N) is 2. The van der Waals surface area contributed by atoms with E-state index in [0.717, 1.165) is 5.56 Å². The quantitative estimate of drug-likeness (QED) is 0.357. The van der Waals surface area contributed by atoms with Crippen LogP contribution in [0.15, 0.2) is 59.8 Å². The maximum absolute atomic E-state index is 13.1. The number of amides is 1. The first-order valence-electron chi connectivity index (χ1n) is 9.88. The average Bonchev–Trinajstić information content (AvgIpc) is 2.70. The van der Waals surface area contributed by atoms with E-state index >= 15 is 0 Å². The zero-order valence-electron chi connectivity index (χ0n) is 17.5. The van der Waals surface area contributed by atoms with E-state index in [-0.39, 0.29) is 30.7 Å². The second-order valence-electron chi connectivity index (χ2n) is 7.67. The number of rotatable bonds is 6. The Morgan fingerprint density at radius 3 is 2.61 bits per heavy atom. The molecule has 1 unspecified atom stereocenters. The molecule has 2 aromatic rings. The fourth-order valence-corrected chi connectivity index (χ4v) is 3.90. The van der Waals surface area contributed by atoms with Crippen molar-refractivity contribution in [3.63, 3.8) is 0 Å². The van der Waals surface area contributed by atoms with Gasteiger partial charge in [0.05, 0.1) is 23.1 Å². The standard InChI is InChI=1S/C23H23ClN2O5/c1-14(2)31-23(28)22-15(3)25(13-16-6-4-9-19(10-16)26(29)30)21(27)12-20(22)17-7-5-8-18(24)11-17/h4-11,14,20H,12-13H2,1-3H3. The van der Waals surface area contributed by atoms with E-state index < -0.39 is 16.8 Å². The molecule has 1 amide bonds. The molecular formula is C23H23ClN2O5. The van der Waals surface area contributed by atoms with Gasteiger partial charge < -0.3 is 9.64 Å². The number of benzene rings is 2. The minimum atomic E-state index is -0.492. The van der Waals surface area contributed by atoms with Gasteiger partial charge in [-0.25, -0.2) is 4.79 Å². The Morgan fingerprint density at radius 2 is 1.97 bits per heavy atom. The SMILES string of the molecule is CC1=C(C(=O)OC(C)C)C(c2cccc(Cl)c2)CC(=O)N1Cc1cccc([N+](=O)[O-])c1. The molecule has 31 heavy (non-hydrogen) atoms. The van der Waals surface area contributed by atoms with Gasteiger partial charge in [0, 0.05) is 35.2 Å². The number of nitro groups is 1. The van der Waals surface area contributed by atoms with Crippen LogP contribution in [0.3, 0.4) is 0 Å². The first-order chi connectivity index (χ1) is 14.7. The van der Waals surface area contributed by atoms with Gasteiger partial charge >= 0.3 is 5.97 Å². The molecule has 1 aliphatic rings. The lowest BCUT2D eigenvalue weighted by Crippen LogP contribution is -2.38. The second-order valence-corrected chi connectivity index (χ2v) is 8.11. The molecule has 162 valence electrons. The van der Waals surface area contributed by atoms with Crippen LogP contribution >= 0.6 is 11.6 Å². The van der Waals surface area contributed by atoms with Gasteiger partial charge in [0.25, 0.3) is 5.69 Å². The fraction of sp³-hybridized carbons (Fsp3) is 0.304. The molecule has 3 rings (SSSR count). The number of halogens is 1. The van der Waals surface area contributed by atoms with Crippen LogP contribution in [0.4, 0.5) is 5.69 Å². The van der Waals surface area contributed by atoms with Crippen LogP contribution in [0.2, 0.25) is 5.02 Å². The summed E-state index contributed by atoms with van der Waals surface area (Å²) in [5.74, 6) is -1.16. The Kier molecular flexibility index (Phi) is 6.75. The first kappa shape index (κ1) is 22.5. The topological polar surface area (TPSA) is 89.8 Å². The normalized spacial score (nSPS) is 16.6. The van der Waals surface area contributed by atoms with Crippen LogP contribution in [-0.4, -0.2) is 27.8 Å². The molecule has 0 bridgehead atoms. The van der Waals surface area contributed by atoms with E-state index in [1.54, 1.807) is 51.1 Å². The fourth-order valence-electron chi connectivity index (χ4n) is 3.70. The molecule has 0 aromatic heterocycles. The van der Waals surface area contributed by atoms with E-state index in [1.165, 1.54) is 17.0 Å². The van der Waals surface area contributed by atoms with Crippen molar-refractivity contribution in [1.82, 2.24) is 4.90 Å². The summed E-state index contributed by atoms with van der Waals surface area (Å²) in [6.45, 7) is 5.34. The number of carbonyl (C=O) groups is 2. The molecule has 0 fully saturated rings. The van der Waals surface area contributed by atoms with Gasteiger partial charge in [0.15, 0.2) is 0 Å². The molecule has 1 aliphatic heterocycles. The number of non-ortho nitro benzene ring substituents is 1. The van der Waals surface area contributed by atoms with Gasteiger partial charge in [-0.3, -0.25) is 14.9 Å². The molecule has 1 heterocycles. The first-order valence-corrected chi connectivity index (χ1v) is 10.3. The second kappa shape index (κ2) is 9.31. The van der Waals surface area contributed by atoms with E-state index in [2.05, 4.69) is 0 Å². The highest BCUT2D eigenvalue weighted by Gasteiger charge is 2.37. The Morgan fingerprint density at radius 1 is 1.26 bits per heavy atom. The summed E-state index contributed by atoms with van der Waals surface area (Å²) in [5.41, 5.74) is 2.16. The highest BCUT2D eigenvalue weighted by atomic mass is 35.5. The maximum atomic E-state index is 13.1. The van der Waals surface area contributed by atoms with Crippen LogP contribution in [0.1, 0.15) is 44.2 Å². The zero-order valence-corrected chi connectivity index (χ0v) is 18.3. The van der Waals surface area contributed by atoms with Crippen LogP contribution in [0.25, 0.3) is 0 Å². The lowest BCUT2D eigenvalue weighted by Gasteiger charge is -2.34. The Balaban J connectivity index is 2.04. The van der Waals surface area contributed by atoms with E-state index in [4.69, 9.17) is 16.3 Å². The van der Waals surface area contributed by atoms with Crippen molar-refractivity contribution in [2.45, 2.75) is 45.8 Å². The Hall–Kier alpha value is -3.19. The lowest BCUT2D eigenvalue weighted by atomic mass is 9.83. The molecule has 0 spiro atoms. The smallest absolute Gasteiger partial charge is 0.336 e. The monoisotopic (exact) mass is 442 g/mol. The molecule has 0 aliphatic carbocycles. The Labute approximate surface area is 185 Å². The summed E-state index contributed by atoms with van der Waals surface area (Å²) in [7, 11) is 0. The Bertz CT molecular complexity index is 1060. The summed E-state index contributed by atoms with van der Waals surface area (Å²) in [4.78, 5) is 38.1. The minimum absolute atomic E-state index is 0.0557. The lowest BCUT2D eigenvalue weighted by molar-refractivity contribution is -0.384. The molecule has 7 nitrogen and oxygen atoms in total. The molecule has 0 N–H and O–H groups in total. The van der Waals surface area contributed by atoms with Crippen LogP contribution in [-0.2, 0) is 20.9 Å². The number of nitro benzene ring substituents is 1. The summed E-state index contributed by atoms with van der Waals surface area (Å²) < 4.78 is 5.47. The average molecular weight is 443 g/mol. The summed E-state index contributed by atoms with van der Waals surface area (Å²) >= 11 is 6.14. The number of hydrogen-bond donors (Lipinski definition) is 0. The predicted molar refractivity (Wildman–Crippen MR) is 116 cm³/mol. The number of allylic oxidation sites excluding steroid dienone is 1. The largest absolute Gasteiger partial charge is 0.460 e. The zero-order chi connectivity index (χ0) is 22.7. The third kappa shape index (κ3) is 5.11. The van der Waals surface area contributed by atoms with Crippen molar-refractivity contribution >= 4 is 29.2 Å². The van der Waals surface area contributed by atoms with Gasteiger partial charge in [-0.15, -0.1) is 0 Å². The van der Waals surface area contributed by atoms with Gasteiger partial charge in [0.1, 0.15) is 0 Å². The summed E-state index contributed by atoms with van der Waals surface area (Å²) in [6.07, 6.45) is -0.259. The van der Waals surface area contributed by atoms with E-state index in [1.807, 2.05) is 6.07 Å². The molecule has 2 aromatic carbocycles.